The summed E-state index contributed by atoms with van der Waals surface area (Å²) in [4.78, 5) is 14.1. The normalized spacial score (nSPS) is 14.1. The fourth-order valence-electron chi connectivity index (χ4n) is 3.91. The third-order valence-corrected chi connectivity index (χ3v) is 5.09. The van der Waals surface area contributed by atoms with E-state index in [4.69, 9.17) is 4.74 Å². The van der Waals surface area contributed by atoms with Gasteiger partial charge >= 0.3 is 6.09 Å². The van der Waals surface area contributed by atoms with Crippen LogP contribution in [-0.2, 0) is 24.2 Å². The van der Waals surface area contributed by atoms with E-state index < -0.39 is 0 Å². The predicted molar refractivity (Wildman–Crippen MR) is 103 cm³/mol. The first-order chi connectivity index (χ1) is 12.8. The van der Waals surface area contributed by atoms with Crippen molar-refractivity contribution in [1.29, 1.82) is 0 Å². The molecule has 0 fully saturated rings. The number of fused-ring (bicyclic) bond motifs is 3. The maximum absolute atomic E-state index is 12.3. The van der Waals surface area contributed by atoms with E-state index in [1.807, 2.05) is 11.8 Å². The summed E-state index contributed by atoms with van der Waals surface area (Å²) in [6.45, 7) is 4.49. The first kappa shape index (κ1) is 16.7. The minimum atomic E-state index is -0.208. The molecule has 1 aromatic heterocycles. The third-order valence-electron chi connectivity index (χ3n) is 5.09. The van der Waals surface area contributed by atoms with Crippen molar-refractivity contribution in [2.24, 2.45) is 0 Å². The Balaban J connectivity index is 1.78. The van der Waals surface area contributed by atoms with Gasteiger partial charge in [-0.2, -0.15) is 0 Å². The van der Waals surface area contributed by atoms with Crippen molar-refractivity contribution in [3.63, 3.8) is 0 Å². The molecule has 0 saturated carbocycles. The topological polar surface area (TPSA) is 34.5 Å². The molecule has 2 heterocycles. The van der Waals surface area contributed by atoms with Gasteiger partial charge in [0.1, 0.15) is 0 Å². The van der Waals surface area contributed by atoms with Crippen molar-refractivity contribution < 1.29 is 9.53 Å². The molecule has 26 heavy (non-hydrogen) atoms. The van der Waals surface area contributed by atoms with Gasteiger partial charge in [0.15, 0.2) is 0 Å². The summed E-state index contributed by atoms with van der Waals surface area (Å²) in [6.07, 6.45) is 1.73. The molecule has 3 aromatic rings. The highest BCUT2D eigenvalue weighted by atomic mass is 16.6. The molecule has 1 aliphatic heterocycles. The second kappa shape index (κ2) is 7.24. The second-order valence-corrected chi connectivity index (χ2v) is 6.74. The van der Waals surface area contributed by atoms with Gasteiger partial charge in [0.05, 0.1) is 13.2 Å². The highest BCUT2D eigenvalue weighted by Gasteiger charge is 2.25. The lowest BCUT2D eigenvalue weighted by atomic mass is 10.1. The number of ether oxygens (including phenoxy) is 1. The quantitative estimate of drug-likeness (QED) is 0.693. The van der Waals surface area contributed by atoms with Crippen LogP contribution in [0.5, 0.6) is 0 Å². The van der Waals surface area contributed by atoms with Gasteiger partial charge in [0.2, 0.25) is 0 Å². The summed E-state index contributed by atoms with van der Waals surface area (Å²) in [5, 5.41) is 1.25. The molecule has 0 radical (unpaired) electrons. The summed E-state index contributed by atoms with van der Waals surface area (Å²) in [7, 11) is 0. The molecule has 0 N–H and O–H groups in total. The number of aromatic nitrogens is 1. The Hall–Kier alpha value is -2.75. The Kier molecular flexibility index (Phi) is 4.65. The van der Waals surface area contributed by atoms with Gasteiger partial charge in [-0.15, -0.1) is 0 Å². The minimum Gasteiger partial charge on any atom is -0.450 e. The molecular weight excluding hydrogens is 324 g/mol. The Morgan fingerprint density at radius 3 is 2.65 bits per heavy atom. The number of hydrogen-bond donors (Lipinski definition) is 0. The van der Waals surface area contributed by atoms with Crippen molar-refractivity contribution in [1.82, 2.24) is 9.47 Å². The summed E-state index contributed by atoms with van der Waals surface area (Å²) in [6, 6.07) is 19.1. The van der Waals surface area contributed by atoms with Gasteiger partial charge in [-0.3, -0.25) is 0 Å². The Labute approximate surface area is 154 Å². The minimum absolute atomic E-state index is 0.208. The van der Waals surface area contributed by atoms with Crippen LogP contribution in [0.25, 0.3) is 10.9 Å². The van der Waals surface area contributed by atoms with E-state index in [-0.39, 0.29) is 6.09 Å². The molecule has 134 valence electrons. The van der Waals surface area contributed by atoms with Gasteiger partial charge in [0, 0.05) is 35.2 Å². The van der Waals surface area contributed by atoms with Crippen molar-refractivity contribution >= 4 is 17.0 Å². The van der Waals surface area contributed by atoms with Crippen LogP contribution in [0.15, 0.2) is 54.6 Å². The summed E-state index contributed by atoms with van der Waals surface area (Å²) >= 11 is 0. The molecule has 1 amide bonds. The van der Waals surface area contributed by atoms with Crippen LogP contribution in [0.3, 0.4) is 0 Å². The van der Waals surface area contributed by atoms with E-state index >= 15 is 0 Å². The monoisotopic (exact) mass is 348 g/mol. The molecule has 0 bridgehead atoms. The second-order valence-electron chi connectivity index (χ2n) is 6.74. The molecule has 4 heteroatoms. The molecule has 0 saturated heterocycles. The lowest BCUT2D eigenvalue weighted by Gasteiger charge is -2.19. The number of carbonyl (C=O) groups excluding carboxylic acids is 1. The van der Waals surface area contributed by atoms with Crippen LogP contribution < -0.4 is 0 Å². The Bertz CT molecular complexity index is 915. The van der Waals surface area contributed by atoms with Gasteiger partial charge in [-0.05, 0) is 31.4 Å². The molecule has 4 rings (SSSR count). The molecule has 0 unspecified atom stereocenters. The van der Waals surface area contributed by atoms with Crippen LogP contribution >= 0.6 is 0 Å². The standard InChI is InChI=1S/C22H24N2O2/c1-2-26-22(25)23-14-8-13-21-19(16-23)18-11-6-7-12-20(18)24(21)15-17-9-4-3-5-10-17/h3-7,9-12H,2,8,13-16H2,1H3. The number of carbonyl (C=O) groups is 1. The largest absolute Gasteiger partial charge is 0.450 e. The van der Waals surface area contributed by atoms with Gasteiger partial charge < -0.3 is 14.2 Å². The number of hydrogen-bond acceptors (Lipinski definition) is 2. The van der Waals surface area contributed by atoms with Gasteiger partial charge in [-0.25, -0.2) is 4.79 Å². The average Bonchev–Trinajstić information content (AvgIpc) is 2.83. The molecule has 0 aliphatic carbocycles. The number of amides is 1. The smallest absolute Gasteiger partial charge is 0.410 e. The molecule has 4 nitrogen and oxygen atoms in total. The maximum atomic E-state index is 12.3. The first-order valence-electron chi connectivity index (χ1n) is 9.32. The van der Waals surface area contributed by atoms with Crippen molar-refractivity contribution in [2.75, 3.05) is 13.2 Å². The zero-order chi connectivity index (χ0) is 17.9. The Morgan fingerprint density at radius 1 is 1.08 bits per heavy atom. The van der Waals surface area contributed by atoms with Crippen molar-refractivity contribution in [2.45, 2.75) is 32.9 Å². The van der Waals surface area contributed by atoms with Crippen molar-refractivity contribution in [3.8, 4) is 0 Å². The lowest BCUT2D eigenvalue weighted by Crippen LogP contribution is -2.31. The fraction of sp³-hybridized carbons (Fsp3) is 0.318. The van der Waals surface area contributed by atoms with E-state index in [1.165, 1.54) is 27.7 Å². The average molecular weight is 348 g/mol. The van der Waals surface area contributed by atoms with Crippen LogP contribution in [-0.4, -0.2) is 28.7 Å². The summed E-state index contributed by atoms with van der Waals surface area (Å²) < 4.78 is 7.67. The highest BCUT2D eigenvalue weighted by molar-refractivity contribution is 5.86. The van der Waals surface area contributed by atoms with Crippen LogP contribution in [0, 0.1) is 0 Å². The molecule has 0 atom stereocenters. The number of nitrogens with zero attached hydrogens (tertiary/aromatic N) is 2. The maximum Gasteiger partial charge on any atom is 0.410 e. The van der Waals surface area contributed by atoms with E-state index in [1.54, 1.807) is 0 Å². The zero-order valence-corrected chi connectivity index (χ0v) is 15.1. The van der Waals surface area contributed by atoms with E-state index in [0.717, 1.165) is 25.9 Å². The molecule has 0 spiro atoms. The lowest BCUT2D eigenvalue weighted by molar-refractivity contribution is 0.105. The van der Waals surface area contributed by atoms with Gasteiger partial charge in [0.25, 0.3) is 0 Å². The fourth-order valence-corrected chi connectivity index (χ4v) is 3.91. The number of para-hydroxylation sites is 1. The van der Waals surface area contributed by atoms with E-state index in [9.17, 15) is 4.79 Å². The Morgan fingerprint density at radius 2 is 1.85 bits per heavy atom. The van der Waals surface area contributed by atoms with Crippen LogP contribution in [0.4, 0.5) is 4.79 Å². The number of benzene rings is 2. The zero-order valence-electron chi connectivity index (χ0n) is 15.1. The van der Waals surface area contributed by atoms with Crippen LogP contribution in [0.1, 0.15) is 30.2 Å². The summed E-state index contributed by atoms with van der Waals surface area (Å²) in [5.74, 6) is 0. The molecule has 2 aromatic carbocycles. The molecular formula is C22H24N2O2. The number of rotatable bonds is 3. The molecule has 1 aliphatic rings. The van der Waals surface area contributed by atoms with Crippen molar-refractivity contribution in [3.05, 3.63) is 71.4 Å². The highest BCUT2D eigenvalue weighted by Crippen LogP contribution is 2.31. The van der Waals surface area contributed by atoms with Gasteiger partial charge in [-0.1, -0.05) is 48.5 Å². The SMILES string of the molecule is CCOC(=O)N1CCCc2c(c3ccccc3n2Cc2ccccc2)C1. The first-order valence-corrected chi connectivity index (χ1v) is 9.32. The van der Waals surface area contributed by atoms with E-state index in [2.05, 4.69) is 59.2 Å². The summed E-state index contributed by atoms with van der Waals surface area (Å²) in [5.41, 5.74) is 5.15. The third kappa shape index (κ3) is 3.07. The predicted octanol–water partition coefficient (Wildman–Crippen LogP) is 4.59. The van der Waals surface area contributed by atoms with Crippen LogP contribution in [0.2, 0.25) is 0 Å². The van der Waals surface area contributed by atoms with E-state index in [0.29, 0.717) is 13.2 Å².